The van der Waals surface area contributed by atoms with E-state index < -0.39 is 11.9 Å². The van der Waals surface area contributed by atoms with Gasteiger partial charge in [-0.25, -0.2) is 0 Å². The summed E-state index contributed by atoms with van der Waals surface area (Å²) in [4.78, 5) is 16.0. The molecule has 104 valence electrons. The molecule has 5 nitrogen and oxygen atoms in total. The van der Waals surface area contributed by atoms with Crippen molar-refractivity contribution in [2.24, 2.45) is 0 Å². The fourth-order valence-electron chi connectivity index (χ4n) is 1.75. The van der Waals surface area contributed by atoms with Crippen LogP contribution in [0.15, 0.2) is 48.7 Å². The Labute approximate surface area is 116 Å². The number of carbonyl (C=O) groups is 1. The lowest BCUT2D eigenvalue weighted by Gasteiger charge is -2.15. The Bertz CT molecular complexity index is 571. The summed E-state index contributed by atoms with van der Waals surface area (Å²) in [7, 11) is 1.33. The largest absolute Gasteiger partial charge is 0.508 e. The maximum absolute atomic E-state index is 11.8. The smallest absolute Gasteiger partial charge is 0.318 e. The molecule has 1 aromatic heterocycles. The van der Waals surface area contributed by atoms with Crippen LogP contribution in [0.25, 0.3) is 0 Å². The quantitative estimate of drug-likeness (QED) is 0.845. The molecule has 20 heavy (non-hydrogen) atoms. The zero-order chi connectivity index (χ0) is 14.4. The van der Waals surface area contributed by atoms with Crippen molar-refractivity contribution < 1.29 is 19.4 Å². The summed E-state index contributed by atoms with van der Waals surface area (Å²) in [5.74, 6) is -0.433. The average Bonchev–Trinajstić information content (AvgIpc) is 2.48. The Hall–Kier alpha value is -2.56. The lowest BCUT2D eigenvalue weighted by Crippen LogP contribution is -2.22. The minimum Gasteiger partial charge on any atom is -0.508 e. The lowest BCUT2D eigenvalue weighted by molar-refractivity contribution is -0.143. The van der Waals surface area contributed by atoms with Crippen LogP contribution in [0.1, 0.15) is 11.6 Å². The van der Waals surface area contributed by atoms with Crippen LogP contribution in [-0.4, -0.2) is 29.8 Å². The molecule has 0 radical (unpaired) electrons. The molecule has 1 N–H and O–H groups in total. The molecule has 5 heteroatoms. The van der Waals surface area contributed by atoms with Crippen LogP contribution in [0.4, 0.5) is 0 Å². The third kappa shape index (κ3) is 3.47. The first kappa shape index (κ1) is 13.9. The van der Waals surface area contributed by atoms with Gasteiger partial charge >= 0.3 is 5.97 Å². The molecule has 0 bridgehead atoms. The van der Waals surface area contributed by atoms with E-state index >= 15 is 0 Å². The van der Waals surface area contributed by atoms with Crippen LogP contribution in [0.2, 0.25) is 0 Å². The van der Waals surface area contributed by atoms with E-state index in [9.17, 15) is 9.90 Å². The van der Waals surface area contributed by atoms with Gasteiger partial charge in [0.05, 0.1) is 12.8 Å². The average molecular weight is 273 g/mol. The van der Waals surface area contributed by atoms with Gasteiger partial charge in [-0.1, -0.05) is 12.1 Å². The topological polar surface area (TPSA) is 68.7 Å². The number of benzene rings is 1. The molecule has 0 aliphatic heterocycles. The fraction of sp³-hybridized carbons (Fsp3) is 0.200. The molecule has 0 spiro atoms. The first-order chi connectivity index (χ1) is 9.70. The molecular formula is C15H15NO4. The number of hydrogen-bond acceptors (Lipinski definition) is 5. The maximum atomic E-state index is 11.8. The van der Waals surface area contributed by atoms with Gasteiger partial charge in [0, 0.05) is 12.3 Å². The Morgan fingerprint density at radius 1 is 1.30 bits per heavy atom. The number of carbonyl (C=O) groups excluding carboxylic acids is 1. The molecule has 0 saturated heterocycles. The Balaban J connectivity index is 2.11. The van der Waals surface area contributed by atoms with Gasteiger partial charge in [0.2, 0.25) is 0 Å². The predicted molar refractivity (Wildman–Crippen MR) is 72.6 cm³/mol. The standard InChI is InChI=1S/C15H15NO4/c1-19-15(18)13(14-7-2-3-8-16-14)10-20-12-6-4-5-11(17)9-12/h2-9,13,17H,10H2,1H3. The highest BCUT2D eigenvalue weighted by Crippen LogP contribution is 2.21. The zero-order valence-corrected chi connectivity index (χ0v) is 11.0. The minimum atomic E-state index is -0.608. The molecule has 2 rings (SSSR count). The summed E-state index contributed by atoms with van der Waals surface area (Å²) >= 11 is 0. The molecule has 1 aromatic carbocycles. The number of phenols is 1. The summed E-state index contributed by atoms with van der Waals surface area (Å²) in [6, 6.07) is 11.7. The number of esters is 1. The van der Waals surface area contributed by atoms with Crippen LogP contribution in [0.5, 0.6) is 11.5 Å². The summed E-state index contributed by atoms with van der Waals surface area (Å²) in [6.07, 6.45) is 1.61. The fourth-order valence-corrected chi connectivity index (χ4v) is 1.75. The maximum Gasteiger partial charge on any atom is 0.318 e. The zero-order valence-electron chi connectivity index (χ0n) is 11.0. The number of methoxy groups -OCH3 is 1. The highest BCUT2D eigenvalue weighted by atomic mass is 16.5. The SMILES string of the molecule is COC(=O)C(COc1cccc(O)c1)c1ccccn1. The minimum absolute atomic E-state index is 0.0904. The first-order valence-corrected chi connectivity index (χ1v) is 6.11. The van der Waals surface area contributed by atoms with E-state index in [0.29, 0.717) is 11.4 Å². The van der Waals surface area contributed by atoms with E-state index in [0.717, 1.165) is 0 Å². The number of ether oxygens (including phenoxy) is 2. The molecule has 0 amide bonds. The lowest BCUT2D eigenvalue weighted by atomic mass is 10.1. The van der Waals surface area contributed by atoms with Crippen LogP contribution in [-0.2, 0) is 9.53 Å². The van der Waals surface area contributed by atoms with Gasteiger partial charge in [0.1, 0.15) is 24.0 Å². The van der Waals surface area contributed by atoms with E-state index in [1.807, 2.05) is 0 Å². The third-order valence-corrected chi connectivity index (χ3v) is 2.76. The molecule has 1 unspecified atom stereocenters. The summed E-state index contributed by atoms with van der Waals surface area (Å²) in [5.41, 5.74) is 0.583. The van der Waals surface area contributed by atoms with Gasteiger partial charge in [-0.2, -0.15) is 0 Å². The second-order valence-electron chi connectivity index (χ2n) is 4.14. The van der Waals surface area contributed by atoms with Crippen molar-refractivity contribution in [3.05, 3.63) is 54.4 Å². The van der Waals surface area contributed by atoms with E-state index in [2.05, 4.69) is 4.98 Å². The Kier molecular flexibility index (Phi) is 4.55. The van der Waals surface area contributed by atoms with Crippen LogP contribution in [0.3, 0.4) is 0 Å². The van der Waals surface area contributed by atoms with Crippen molar-refractivity contribution in [2.75, 3.05) is 13.7 Å². The highest BCUT2D eigenvalue weighted by Gasteiger charge is 2.23. The number of nitrogens with zero attached hydrogens (tertiary/aromatic N) is 1. The van der Waals surface area contributed by atoms with Crippen molar-refractivity contribution >= 4 is 5.97 Å². The van der Waals surface area contributed by atoms with Crippen molar-refractivity contribution in [3.8, 4) is 11.5 Å². The first-order valence-electron chi connectivity index (χ1n) is 6.11. The molecule has 0 saturated carbocycles. The number of pyridine rings is 1. The van der Waals surface area contributed by atoms with E-state index in [1.54, 1.807) is 42.6 Å². The molecular weight excluding hydrogens is 258 g/mol. The van der Waals surface area contributed by atoms with Gasteiger partial charge < -0.3 is 14.6 Å². The van der Waals surface area contributed by atoms with Crippen molar-refractivity contribution in [2.45, 2.75) is 5.92 Å². The Morgan fingerprint density at radius 3 is 2.80 bits per heavy atom. The van der Waals surface area contributed by atoms with Crippen LogP contribution >= 0.6 is 0 Å². The van der Waals surface area contributed by atoms with Crippen molar-refractivity contribution in [3.63, 3.8) is 0 Å². The molecule has 1 atom stereocenters. The summed E-state index contributed by atoms with van der Waals surface area (Å²) in [5, 5.41) is 9.37. The molecule has 2 aromatic rings. The number of aromatic hydroxyl groups is 1. The number of phenolic OH excluding ortho intramolecular Hbond substituents is 1. The van der Waals surface area contributed by atoms with Gasteiger partial charge in [0.15, 0.2) is 0 Å². The molecule has 0 fully saturated rings. The van der Waals surface area contributed by atoms with Crippen LogP contribution in [0, 0.1) is 0 Å². The highest BCUT2D eigenvalue weighted by molar-refractivity contribution is 5.77. The van der Waals surface area contributed by atoms with Gasteiger partial charge in [-0.15, -0.1) is 0 Å². The second-order valence-corrected chi connectivity index (χ2v) is 4.14. The van der Waals surface area contributed by atoms with Crippen molar-refractivity contribution in [1.82, 2.24) is 4.98 Å². The normalized spacial score (nSPS) is 11.7. The predicted octanol–water partition coefficient (Wildman–Crippen LogP) is 2.12. The van der Waals surface area contributed by atoms with Gasteiger partial charge in [0.25, 0.3) is 0 Å². The molecule has 0 aliphatic rings. The van der Waals surface area contributed by atoms with Gasteiger partial charge in [-0.3, -0.25) is 9.78 Å². The van der Waals surface area contributed by atoms with E-state index in [1.165, 1.54) is 13.2 Å². The second kappa shape index (κ2) is 6.56. The number of aromatic nitrogens is 1. The monoisotopic (exact) mass is 273 g/mol. The van der Waals surface area contributed by atoms with Crippen LogP contribution < -0.4 is 4.74 Å². The molecule has 0 aliphatic carbocycles. The summed E-state index contributed by atoms with van der Waals surface area (Å²) < 4.78 is 10.3. The number of rotatable bonds is 5. The molecule has 1 heterocycles. The van der Waals surface area contributed by atoms with E-state index in [-0.39, 0.29) is 12.4 Å². The van der Waals surface area contributed by atoms with Crippen molar-refractivity contribution in [1.29, 1.82) is 0 Å². The summed E-state index contributed by atoms with van der Waals surface area (Å²) in [6.45, 7) is 0.0904. The number of hydrogen-bond donors (Lipinski definition) is 1. The van der Waals surface area contributed by atoms with Gasteiger partial charge in [-0.05, 0) is 24.3 Å². The third-order valence-electron chi connectivity index (χ3n) is 2.76. The Morgan fingerprint density at radius 2 is 2.15 bits per heavy atom. The van der Waals surface area contributed by atoms with E-state index in [4.69, 9.17) is 9.47 Å².